The topological polar surface area (TPSA) is 49.8 Å². The van der Waals surface area contributed by atoms with Crippen molar-refractivity contribution in [1.29, 1.82) is 0 Å². The van der Waals surface area contributed by atoms with Gasteiger partial charge in [0.05, 0.1) is 23.7 Å². The summed E-state index contributed by atoms with van der Waals surface area (Å²) >= 11 is 3.39. The van der Waals surface area contributed by atoms with E-state index in [-0.39, 0.29) is 11.9 Å². The molecule has 0 radical (unpaired) electrons. The van der Waals surface area contributed by atoms with Crippen LogP contribution in [0.1, 0.15) is 36.0 Å². The van der Waals surface area contributed by atoms with E-state index < -0.39 is 6.10 Å². The second-order valence-corrected chi connectivity index (χ2v) is 6.04. The standard InChI is InChI=1S/C15H20BrNO3/c1-17(12-5-3-4-6-13(12)18)15(19)10-7-8-14(20-2)11(16)9-10/h7-9,12-13,18H,3-6H2,1-2H3. The molecule has 1 aliphatic rings. The molecule has 2 atom stereocenters. The minimum Gasteiger partial charge on any atom is -0.496 e. The van der Waals surface area contributed by atoms with Gasteiger partial charge in [0.2, 0.25) is 0 Å². The summed E-state index contributed by atoms with van der Waals surface area (Å²) in [5, 5.41) is 10.0. The lowest BCUT2D eigenvalue weighted by Gasteiger charge is -2.35. The number of amides is 1. The molecule has 1 fully saturated rings. The average Bonchev–Trinajstić information content (AvgIpc) is 2.46. The maximum atomic E-state index is 12.5. The van der Waals surface area contributed by atoms with E-state index in [1.54, 1.807) is 37.3 Å². The Bertz CT molecular complexity index is 492. The van der Waals surface area contributed by atoms with Gasteiger partial charge in [-0.15, -0.1) is 0 Å². The van der Waals surface area contributed by atoms with Gasteiger partial charge in [-0.2, -0.15) is 0 Å². The molecule has 4 nitrogen and oxygen atoms in total. The third kappa shape index (κ3) is 3.15. The lowest BCUT2D eigenvalue weighted by atomic mass is 9.91. The summed E-state index contributed by atoms with van der Waals surface area (Å²) < 4.78 is 5.91. The SMILES string of the molecule is COc1ccc(C(=O)N(C)C2CCCCC2O)cc1Br. The molecule has 20 heavy (non-hydrogen) atoms. The first-order valence-electron chi connectivity index (χ1n) is 6.83. The molecule has 110 valence electrons. The Morgan fingerprint density at radius 2 is 2.10 bits per heavy atom. The smallest absolute Gasteiger partial charge is 0.253 e. The second-order valence-electron chi connectivity index (χ2n) is 5.18. The third-order valence-electron chi connectivity index (χ3n) is 3.91. The molecule has 0 heterocycles. The molecule has 1 aromatic carbocycles. The zero-order chi connectivity index (χ0) is 14.7. The first kappa shape index (κ1) is 15.3. The van der Waals surface area contributed by atoms with Crippen LogP contribution in [0.3, 0.4) is 0 Å². The summed E-state index contributed by atoms with van der Waals surface area (Å²) in [6, 6.07) is 5.18. The van der Waals surface area contributed by atoms with Crippen LogP contribution < -0.4 is 4.74 Å². The Kier molecular flexibility index (Phi) is 5.05. The van der Waals surface area contributed by atoms with Gasteiger partial charge in [-0.05, 0) is 47.0 Å². The minimum absolute atomic E-state index is 0.0701. The molecule has 2 unspecified atom stereocenters. The Labute approximate surface area is 127 Å². The van der Waals surface area contributed by atoms with Crippen molar-refractivity contribution in [2.24, 2.45) is 0 Å². The summed E-state index contributed by atoms with van der Waals surface area (Å²) in [4.78, 5) is 14.2. The van der Waals surface area contributed by atoms with Gasteiger partial charge in [0.1, 0.15) is 5.75 Å². The largest absolute Gasteiger partial charge is 0.496 e. The van der Waals surface area contributed by atoms with E-state index >= 15 is 0 Å². The van der Waals surface area contributed by atoms with Gasteiger partial charge in [-0.25, -0.2) is 0 Å². The highest BCUT2D eigenvalue weighted by Crippen LogP contribution is 2.28. The van der Waals surface area contributed by atoms with Crippen LogP contribution in [0.4, 0.5) is 0 Å². The zero-order valence-electron chi connectivity index (χ0n) is 11.8. The molecule has 2 rings (SSSR count). The van der Waals surface area contributed by atoms with Gasteiger partial charge in [-0.3, -0.25) is 4.79 Å². The van der Waals surface area contributed by atoms with Crippen molar-refractivity contribution >= 4 is 21.8 Å². The monoisotopic (exact) mass is 341 g/mol. The van der Waals surface area contributed by atoms with Gasteiger partial charge in [0.15, 0.2) is 0 Å². The zero-order valence-corrected chi connectivity index (χ0v) is 13.4. The van der Waals surface area contributed by atoms with Gasteiger partial charge >= 0.3 is 0 Å². The fraction of sp³-hybridized carbons (Fsp3) is 0.533. The molecule has 0 aliphatic heterocycles. The number of aliphatic hydroxyl groups excluding tert-OH is 1. The van der Waals surface area contributed by atoms with E-state index in [0.29, 0.717) is 11.3 Å². The molecule has 1 aromatic rings. The Morgan fingerprint density at radius 1 is 1.40 bits per heavy atom. The molecule has 1 amide bonds. The first-order valence-corrected chi connectivity index (χ1v) is 7.62. The molecule has 0 spiro atoms. The van der Waals surface area contributed by atoms with Crippen molar-refractivity contribution < 1.29 is 14.6 Å². The summed E-state index contributed by atoms with van der Waals surface area (Å²) in [5.74, 6) is 0.626. The molecular formula is C15H20BrNO3. The molecule has 0 aromatic heterocycles. The van der Waals surface area contributed by atoms with Crippen molar-refractivity contribution in [3.05, 3.63) is 28.2 Å². The number of rotatable bonds is 3. The van der Waals surface area contributed by atoms with E-state index in [9.17, 15) is 9.90 Å². The predicted molar refractivity (Wildman–Crippen MR) is 81.1 cm³/mol. The number of benzene rings is 1. The molecule has 0 saturated heterocycles. The van der Waals surface area contributed by atoms with Gasteiger partial charge < -0.3 is 14.7 Å². The fourth-order valence-corrected chi connectivity index (χ4v) is 3.24. The van der Waals surface area contributed by atoms with Gasteiger partial charge in [0, 0.05) is 12.6 Å². The quantitative estimate of drug-likeness (QED) is 0.919. The van der Waals surface area contributed by atoms with E-state index in [0.717, 1.165) is 30.2 Å². The molecule has 1 N–H and O–H groups in total. The number of methoxy groups -OCH3 is 1. The van der Waals surface area contributed by atoms with E-state index in [4.69, 9.17) is 4.74 Å². The number of nitrogens with zero attached hydrogens (tertiary/aromatic N) is 1. The van der Waals surface area contributed by atoms with Crippen LogP contribution in [-0.4, -0.2) is 42.2 Å². The Morgan fingerprint density at radius 3 is 2.70 bits per heavy atom. The lowest BCUT2D eigenvalue weighted by Crippen LogP contribution is -2.46. The number of ether oxygens (including phenoxy) is 1. The fourth-order valence-electron chi connectivity index (χ4n) is 2.70. The normalized spacial score (nSPS) is 22.4. The Hall–Kier alpha value is -1.07. The highest BCUT2D eigenvalue weighted by atomic mass is 79.9. The van der Waals surface area contributed by atoms with Crippen molar-refractivity contribution in [2.45, 2.75) is 37.8 Å². The van der Waals surface area contributed by atoms with E-state index in [1.165, 1.54) is 0 Å². The maximum Gasteiger partial charge on any atom is 0.253 e. The van der Waals surface area contributed by atoms with Crippen LogP contribution in [-0.2, 0) is 0 Å². The summed E-state index contributed by atoms with van der Waals surface area (Å²) in [6.45, 7) is 0. The van der Waals surface area contributed by atoms with E-state index in [1.807, 2.05) is 0 Å². The van der Waals surface area contributed by atoms with Crippen molar-refractivity contribution in [3.8, 4) is 5.75 Å². The molecule has 1 saturated carbocycles. The lowest BCUT2D eigenvalue weighted by molar-refractivity contribution is 0.0268. The number of likely N-dealkylation sites (N-methyl/N-ethyl adjacent to an activating group) is 1. The number of carbonyl (C=O) groups excluding carboxylic acids is 1. The van der Waals surface area contributed by atoms with Crippen LogP contribution in [0.25, 0.3) is 0 Å². The number of halogens is 1. The molecule has 1 aliphatic carbocycles. The second kappa shape index (κ2) is 6.59. The number of carbonyl (C=O) groups is 1. The van der Waals surface area contributed by atoms with Crippen molar-refractivity contribution in [2.75, 3.05) is 14.2 Å². The first-order chi connectivity index (χ1) is 9.54. The number of aliphatic hydroxyl groups is 1. The van der Waals surface area contributed by atoms with Gasteiger partial charge in [0.25, 0.3) is 5.91 Å². The average molecular weight is 342 g/mol. The van der Waals surface area contributed by atoms with Crippen LogP contribution in [0.5, 0.6) is 5.75 Å². The summed E-state index contributed by atoms with van der Waals surface area (Å²) in [6.07, 6.45) is 3.31. The van der Waals surface area contributed by atoms with Crippen LogP contribution >= 0.6 is 15.9 Å². The Balaban J connectivity index is 2.15. The molecule has 5 heteroatoms. The van der Waals surface area contributed by atoms with Gasteiger partial charge in [-0.1, -0.05) is 12.8 Å². The van der Waals surface area contributed by atoms with Crippen molar-refractivity contribution in [1.82, 2.24) is 4.90 Å². The molecule has 0 bridgehead atoms. The number of hydrogen-bond acceptors (Lipinski definition) is 3. The van der Waals surface area contributed by atoms with E-state index in [2.05, 4.69) is 15.9 Å². The van der Waals surface area contributed by atoms with Crippen LogP contribution in [0.2, 0.25) is 0 Å². The van der Waals surface area contributed by atoms with Crippen LogP contribution in [0, 0.1) is 0 Å². The molecular weight excluding hydrogens is 322 g/mol. The highest BCUT2D eigenvalue weighted by molar-refractivity contribution is 9.10. The van der Waals surface area contributed by atoms with Crippen molar-refractivity contribution in [3.63, 3.8) is 0 Å². The summed E-state index contributed by atoms with van der Waals surface area (Å²) in [5.41, 5.74) is 0.595. The van der Waals surface area contributed by atoms with Crippen LogP contribution in [0.15, 0.2) is 22.7 Å². The maximum absolute atomic E-state index is 12.5. The summed E-state index contributed by atoms with van der Waals surface area (Å²) in [7, 11) is 3.35. The predicted octanol–water partition coefficient (Wildman–Crippen LogP) is 2.83. The number of hydrogen-bond donors (Lipinski definition) is 1. The minimum atomic E-state index is -0.417. The third-order valence-corrected chi connectivity index (χ3v) is 4.53. The highest BCUT2D eigenvalue weighted by Gasteiger charge is 2.29.